The van der Waals surface area contributed by atoms with Crippen LogP contribution in [0.2, 0.25) is 0 Å². The lowest BCUT2D eigenvalue weighted by atomic mass is 10.0. The van der Waals surface area contributed by atoms with Crippen LogP contribution in [0.5, 0.6) is 5.75 Å². The summed E-state index contributed by atoms with van der Waals surface area (Å²) in [7, 11) is 1.63. The molecule has 4 nitrogen and oxygen atoms in total. The number of rotatable bonds is 7. The second-order valence-electron chi connectivity index (χ2n) is 5.14. The maximum absolute atomic E-state index is 12.5. The maximum Gasteiger partial charge on any atom is 0.266 e. The zero-order valence-corrected chi connectivity index (χ0v) is 15.1. The lowest BCUT2D eigenvalue weighted by molar-refractivity contribution is -0.122. The number of thioether (sulfide) groups is 1. The number of phenolic OH excluding ortho intramolecular Hbond substituents is 1. The van der Waals surface area contributed by atoms with E-state index in [0.717, 1.165) is 12.0 Å². The predicted octanol–water partition coefficient (Wildman–Crippen LogP) is 3.92. The van der Waals surface area contributed by atoms with Gasteiger partial charge in [0, 0.05) is 31.4 Å². The maximum atomic E-state index is 12.5. The largest absolute Gasteiger partial charge is 0.507 e. The van der Waals surface area contributed by atoms with Crippen molar-refractivity contribution in [1.29, 1.82) is 0 Å². The van der Waals surface area contributed by atoms with Crippen molar-refractivity contribution in [1.82, 2.24) is 4.90 Å². The summed E-state index contributed by atoms with van der Waals surface area (Å²) < 4.78 is 5.56. The Morgan fingerprint density at radius 2 is 1.96 bits per heavy atom. The second kappa shape index (κ2) is 8.28. The molecule has 0 radical (unpaired) electrons. The van der Waals surface area contributed by atoms with E-state index in [-0.39, 0.29) is 11.7 Å². The van der Waals surface area contributed by atoms with Crippen LogP contribution in [0.3, 0.4) is 0 Å². The summed E-state index contributed by atoms with van der Waals surface area (Å²) in [5.74, 6) is 0.0266. The first-order chi connectivity index (χ1) is 11.5. The average Bonchev–Trinajstić information content (AvgIpc) is 2.83. The zero-order chi connectivity index (χ0) is 17.7. The van der Waals surface area contributed by atoms with Gasteiger partial charge in [-0.05, 0) is 30.2 Å². The molecule has 126 valence electrons. The number of methoxy groups -OCH3 is 1. The first kappa shape index (κ1) is 18.4. The van der Waals surface area contributed by atoms with Gasteiger partial charge in [0.2, 0.25) is 0 Å². The summed E-state index contributed by atoms with van der Waals surface area (Å²) in [5.41, 5.74) is 1.97. The van der Waals surface area contributed by atoms with Gasteiger partial charge < -0.3 is 9.84 Å². The molecular formula is C18H19NO3S2. The monoisotopic (exact) mass is 361 g/mol. The van der Waals surface area contributed by atoms with Gasteiger partial charge in [0.1, 0.15) is 10.1 Å². The number of nitrogens with zero attached hydrogens (tertiary/aromatic N) is 1. The van der Waals surface area contributed by atoms with E-state index in [1.54, 1.807) is 42.4 Å². The minimum Gasteiger partial charge on any atom is -0.507 e. The van der Waals surface area contributed by atoms with E-state index in [1.807, 2.05) is 0 Å². The molecule has 1 fully saturated rings. The van der Waals surface area contributed by atoms with Crippen LogP contribution in [0.25, 0.3) is 18.2 Å². The molecule has 1 N–H and O–H groups in total. The fourth-order valence-electron chi connectivity index (χ4n) is 2.31. The SMILES string of the molecule is C=Cc1cc(C=C2SC(=S)N(CCCOC)C2=O)cc(C=C)c1O. The zero-order valence-electron chi connectivity index (χ0n) is 13.4. The van der Waals surface area contributed by atoms with Crippen LogP contribution < -0.4 is 0 Å². The van der Waals surface area contributed by atoms with E-state index in [1.165, 1.54) is 11.8 Å². The van der Waals surface area contributed by atoms with Gasteiger partial charge in [-0.15, -0.1) is 0 Å². The first-order valence-corrected chi connectivity index (χ1v) is 8.60. The number of phenols is 1. The highest BCUT2D eigenvalue weighted by atomic mass is 32.2. The van der Waals surface area contributed by atoms with Crippen LogP contribution in [0, 0.1) is 0 Å². The number of carbonyl (C=O) groups excluding carboxylic acids is 1. The molecule has 1 heterocycles. The van der Waals surface area contributed by atoms with Crippen LogP contribution in [-0.4, -0.2) is 40.5 Å². The number of hydrogen-bond acceptors (Lipinski definition) is 5. The molecule has 1 aromatic rings. The molecule has 1 amide bonds. The van der Waals surface area contributed by atoms with Crippen molar-refractivity contribution >= 4 is 52.4 Å². The molecule has 24 heavy (non-hydrogen) atoms. The number of aromatic hydroxyl groups is 1. The van der Waals surface area contributed by atoms with Crippen LogP contribution in [0.15, 0.2) is 30.2 Å². The van der Waals surface area contributed by atoms with Gasteiger partial charge in [0.15, 0.2) is 0 Å². The Bertz CT molecular complexity index is 696. The van der Waals surface area contributed by atoms with Crippen molar-refractivity contribution in [2.24, 2.45) is 0 Å². The Kier molecular flexibility index (Phi) is 6.36. The van der Waals surface area contributed by atoms with Crippen molar-refractivity contribution in [2.75, 3.05) is 20.3 Å². The normalized spacial score (nSPS) is 16.0. The molecule has 0 aromatic heterocycles. The highest BCUT2D eigenvalue weighted by molar-refractivity contribution is 8.26. The molecule has 0 unspecified atom stereocenters. The van der Waals surface area contributed by atoms with Crippen LogP contribution in [-0.2, 0) is 9.53 Å². The van der Waals surface area contributed by atoms with Crippen LogP contribution >= 0.6 is 24.0 Å². The van der Waals surface area contributed by atoms with Gasteiger partial charge >= 0.3 is 0 Å². The Balaban J connectivity index is 2.28. The fourth-order valence-corrected chi connectivity index (χ4v) is 3.62. The number of hydrogen-bond donors (Lipinski definition) is 1. The summed E-state index contributed by atoms with van der Waals surface area (Å²) in [6.45, 7) is 8.51. The number of thiocarbonyl (C=S) groups is 1. The number of amides is 1. The molecule has 0 atom stereocenters. The lowest BCUT2D eigenvalue weighted by Gasteiger charge is -2.13. The van der Waals surface area contributed by atoms with Crippen molar-refractivity contribution < 1.29 is 14.6 Å². The average molecular weight is 361 g/mol. The van der Waals surface area contributed by atoms with Gasteiger partial charge in [0.05, 0.1) is 4.91 Å². The quantitative estimate of drug-likeness (QED) is 0.453. The standard InChI is InChI=1S/C18H19NO3S2/c1-4-13-9-12(10-14(5-2)16(13)20)11-15-17(21)19(18(23)24-15)7-6-8-22-3/h4-5,9-11,20H,1-2,6-8H2,3H3. The second-order valence-corrected chi connectivity index (χ2v) is 6.81. The predicted molar refractivity (Wildman–Crippen MR) is 105 cm³/mol. The van der Waals surface area contributed by atoms with E-state index >= 15 is 0 Å². The molecule has 0 bridgehead atoms. The fraction of sp³-hybridized carbons (Fsp3) is 0.222. The summed E-state index contributed by atoms with van der Waals surface area (Å²) in [4.78, 5) is 14.7. The molecular weight excluding hydrogens is 342 g/mol. The third-order valence-corrected chi connectivity index (χ3v) is 4.91. The smallest absolute Gasteiger partial charge is 0.266 e. The van der Waals surface area contributed by atoms with Crippen molar-refractivity contribution in [3.8, 4) is 5.75 Å². The third kappa shape index (κ3) is 3.95. The molecule has 0 aliphatic carbocycles. The first-order valence-electron chi connectivity index (χ1n) is 7.38. The van der Waals surface area contributed by atoms with E-state index in [9.17, 15) is 9.90 Å². The summed E-state index contributed by atoms with van der Waals surface area (Å²) in [6.07, 6.45) is 5.64. The van der Waals surface area contributed by atoms with E-state index in [2.05, 4.69) is 13.2 Å². The van der Waals surface area contributed by atoms with Gasteiger partial charge in [-0.1, -0.05) is 49.3 Å². The molecule has 1 aromatic carbocycles. The topological polar surface area (TPSA) is 49.8 Å². The molecule has 1 aliphatic heterocycles. The van der Waals surface area contributed by atoms with E-state index in [0.29, 0.717) is 33.5 Å². The Morgan fingerprint density at radius 3 is 2.50 bits per heavy atom. The number of ether oxygens (including phenoxy) is 1. The molecule has 1 saturated heterocycles. The Morgan fingerprint density at radius 1 is 1.33 bits per heavy atom. The Labute approximate surface area is 151 Å². The molecule has 2 rings (SSSR count). The molecule has 0 saturated carbocycles. The highest BCUT2D eigenvalue weighted by Crippen LogP contribution is 2.34. The van der Waals surface area contributed by atoms with E-state index in [4.69, 9.17) is 17.0 Å². The molecule has 1 aliphatic rings. The van der Waals surface area contributed by atoms with Gasteiger partial charge in [-0.25, -0.2) is 0 Å². The number of carbonyl (C=O) groups is 1. The summed E-state index contributed by atoms with van der Waals surface area (Å²) in [5, 5.41) is 10.1. The minimum absolute atomic E-state index is 0.102. The van der Waals surface area contributed by atoms with Crippen molar-refractivity contribution in [2.45, 2.75) is 6.42 Å². The van der Waals surface area contributed by atoms with Gasteiger partial charge in [0.25, 0.3) is 5.91 Å². The summed E-state index contributed by atoms with van der Waals surface area (Å²) in [6, 6.07) is 3.54. The van der Waals surface area contributed by atoms with Crippen LogP contribution in [0.4, 0.5) is 0 Å². The van der Waals surface area contributed by atoms with Gasteiger partial charge in [-0.2, -0.15) is 0 Å². The van der Waals surface area contributed by atoms with E-state index < -0.39 is 0 Å². The van der Waals surface area contributed by atoms with Crippen molar-refractivity contribution in [3.63, 3.8) is 0 Å². The van der Waals surface area contributed by atoms with Crippen molar-refractivity contribution in [3.05, 3.63) is 46.9 Å². The van der Waals surface area contributed by atoms with Crippen LogP contribution in [0.1, 0.15) is 23.1 Å². The number of benzene rings is 1. The summed E-state index contributed by atoms with van der Waals surface area (Å²) >= 11 is 6.57. The lowest BCUT2D eigenvalue weighted by Crippen LogP contribution is -2.29. The minimum atomic E-state index is -0.102. The third-order valence-electron chi connectivity index (χ3n) is 3.53. The highest BCUT2D eigenvalue weighted by Gasteiger charge is 2.31. The molecule has 0 spiro atoms. The molecule has 6 heteroatoms. The van der Waals surface area contributed by atoms with Gasteiger partial charge in [-0.3, -0.25) is 9.69 Å². The Hall–Kier alpha value is -1.89.